The Morgan fingerprint density at radius 1 is 1.44 bits per heavy atom. The number of hydrogen-bond donors (Lipinski definition) is 3. The summed E-state index contributed by atoms with van der Waals surface area (Å²) in [6.45, 7) is 3.34. The topological polar surface area (TPSA) is 75.3 Å². The second-order valence-corrected chi connectivity index (χ2v) is 3.80. The van der Waals surface area contributed by atoms with Crippen LogP contribution < -0.4 is 11.1 Å². The number of nitrogens with one attached hydrogen (secondary N) is 1. The Hall–Kier alpha value is -1.39. The molecule has 0 radical (unpaired) electrons. The maximum Gasteiger partial charge on any atom is 0.221 e. The Morgan fingerprint density at radius 3 is 2.44 bits per heavy atom. The lowest BCUT2D eigenvalue weighted by Crippen LogP contribution is -2.25. The first kappa shape index (κ1) is 12.7. The Kier molecular flexibility index (Phi) is 4.46. The predicted octanol–water partition coefficient (Wildman–Crippen LogP) is 1.42. The van der Waals surface area contributed by atoms with E-state index in [-0.39, 0.29) is 11.9 Å². The molecule has 1 aromatic rings. The van der Waals surface area contributed by atoms with Crippen molar-refractivity contribution in [1.82, 2.24) is 0 Å². The van der Waals surface area contributed by atoms with Crippen LogP contribution in [-0.4, -0.2) is 17.1 Å². The van der Waals surface area contributed by atoms with E-state index >= 15 is 0 Å². The summed E-state index contributed by atoms with van der Waals surface area (Å²) in [5.74, 6) is -0.106. The molecule has 0 heterocycles. The lowest BCUT2D eigenvalue weighted by Gasteiger charge is -2.17. The van der Waals surface area contributed by atoms with Gasteiger partial charge in [-0.15, -0.1) is 0 Å². The van der Waals surface area contributed by atoms with Crippen LogP contribution in [0, 0.1) is 0 Å². The van der Waals surface area contributed by atoms with Crippen molar-refractivity contribution in [2.75, 3.05) is 5.32 Å². The molecule has 16 heavy (non-hydrogen) atoms. The Balaban J connectivity index is 2.74. The SMILES string of the molecule is CC[C@@H](O)[C@@H](N)c1ccc(NC(C)=O)cc1. The fourth-order valence-electron chi connectivity index (χ4n) is 1.47. The fraction of sp³-hybridized carbons (Fsp3) is 0.417. The summed E-state index contributed by atoms with van der Waals surface area (Å²) in [6, 6.07) is 6.80. The molecule has 2 atom stereocenters. The van der Waals surface area contributed by atoms with Crippen LogP contribution >= 0.6 is 0 Å². The van der Waals surface area contributed by atoms with Crippen molar-refractivity contribution in [1.29, 1.82) is 0 Å². The van der Waals surface area contributed by atoms with Crippen LogP contribution in [0.1, 0.15) is 31.9 Å². The van der Waals surface area contributed by atoms with E-state index in [0.717, 1.165) is 11.3 Å². The van der Waals surface area contributed by atoms with Crippen LogP contribution in [0.2, 0.25) is 0 Å². The van der Waals surface area contributed by atoms with Crippen molar-refractivity contribution in [2.45, 2.75) is 32.4 Å². The summed E-state index contributed by atoms with van der Waals surface area (Å²) < 4.78 is 0. The lowest BCUT2D eigenvalue weighted by atomic mass is 10.0. The van der Waals surface area contributed by atoms with Gasteiger partial charge in [0.2, 0.25) is 5.91 Å². The molecular weight excluding hydrogens is 204 g/mol. The average Bonchev–Trinajstić information content (AvgIpc) is 2.27. The zero-order valence-electron chi connectivity index (χ0n) is 9.60. The van der Waals surface area contributed by atoms with E-state index < -0.39 is 6.10 Å². The summed E-state index contributed by atoms with van der Waals surface area (Å²) in [6.07, 6.45) is 0.0841. The van der Waals surface area contributed by atoms with Crippen molar-refractivity contribution in [2.24, 2.45) is 5.73 Å². The third-order valence-electron chi connectivity index (χ3n) is 2.45. The van der Waals surface area contributed by atoms with Crippen LogP contribution in [0.15, 0.2) is 24.3 Å². The highest BCUT2D eigenvalue weighted by Crippen LogP contribution is 2.18. The van der Waals surface area contributed by atoms with E-state index in [9.17, 15) is 9.90 Å². The minimum absolute atomic E-state index is 0.106. The van der Waals surface area contributed by atoms with E-state index in [1.165, 1.54) is 6.92 Å². The predicted molar refractivity (Wildman–Crippen MR) is 64.0 cm³/mol. The second kappa shape index (κ2) is 5.63. The van der Waals surface area contributed by atoms with Crippen molar-refractivity contribution in [3.63, 3.8) is 0 Å². The van der Waals surface area contributed by atoms with Crippen LogP contribution in [-0.2, 0) is 4.79 Å². The highest BCUT2D eigenvalue weighted by atomic mass is 16.3. The molecule has 4 heteroatoms. The highest BCUT2D eigenvalue weighted by molar-refractivity contribution is 5.88. The molecular formula is C12H18N2O2. The van der Waals surface area contributed by atoms with Gasteiger partial charge in [0, 0.05) is 12.6 Å². The van der Waals surface area contributed by atoms with Gasteiger partial charge in [-0.1, -0.05) is 19.1 Å². The molecule has 0 fully saturated rings. The number of anilines is 1. The monoisotopic (exact) mass is 222 g/mol. The van der Waals surface area contributed by atoms with Gasteiger partial charge in [-0.05, 0) is 24.1 Å². The van der Waals surface area contributed by atoms with Crippen molar-refractivity contribution in [3.8, 4) is 0 Å². The fourth-order valence-corrected chi connectivity index (χ4v) is 1.47. The van der Waals surface area contributed by atoms with Gasteiger partial charge in [0.25, 0.3) is 0 Å². The molecule has 0 saturated carbocycles. The number of carbonyl (C=O) groups excluding carboxylic acids is 1. The third-order valence-corrected chi connectivity index (χ3v) is 2.45. The first-order valence-corrected chi connectivity index (χ1v) is 5.35. The highest BCUT2D eigenvalue weighted by Gasteiger charge is 2.14. The number of rotatable bonds is 4. The maximum absolute atomic E-state index is 10.8. The summed E-state index contributed by atoms with van der Waals surface area (Å²) in [5, 5.41) is 12.3. The van der Waals surface area contributed by atoms with E-state index in [1.54, 1.807) is 12.1 Å². The number of aliphatic hydroxyl groups excluding tert-OH is 1. The van der Waals surface area contributed by atoms with E-state index in [0.29, 0.717) is 6.42 Å². The number of nitrogens with two attached hydrogens (primary N) is 1. The number of carbonyl (C=O) groups is 1. The molecule has 0 bridgehead atoms. The standard InChI is InChI=1S/C12H18N2O2/c1-3-11(16)12(13)9-4-6-10(7-5-9)14-8(2)15/h4-7,11-12,16H,3,13H2,1-2H3,(H,14,15)/t11-,12+/m1/s1. The van der Waals surface area contributed by atoms with Gasteiger partial charge in [-0.25, -0.2) is 0 Å². The van der Waals surface area contributed by atoms with Crippen molar-refractivity contribution in [3.05, 3.63) is 29.8 Å². The first-order chi connectivity index (χ1) is 7.54. The molecule has 88 valence electrons. The molecule has 0 aliphatic rings. The summed E-state index contributed by atoms with van der Waals surface area (Å²) in [5.41, 5.74) is 7.46. The van der Waals surface area contributed by atoms with Gasteiger partial charge in [0.15, 0.2) is 0 Å². The Morgan fingerprint density at radius 2 is 2.00 bits per heavy atom. The third kappa shape index (κ3) is 3.32. The first-order valence-electron chi connectivity index (χ1n) is 5.35. The van der Waals surface area contributed by atoms with E-state index in [4.69, 9.17) is 5.73 Å². The molecule has 0 aliphatic heterocycles. The zero-order chi connectivity index (χ0) is 12.1. The average molecular weight is 222 g/mol. The molecule has 0 saturated heterocycles. The maximum atomic E-state index is 10.8. The largest absolute Gasteiger partial charge is 0.391 e. The van der Waals surface area contributed by atoms with Crippen LogP contribution in [0.3, 0.4) is 0 Å². The summed E-state index contributed by atoms with van der Waals surface area (Å²) in [4.78, 5) is 10.8. The molecule has 0 aliphatic carbocycles. The number of benzene rings is 1. The van der Waals surface area contributed by atoms with Gasteiger partial charge in [-0.2, -0.15) is 0 Å². The lowest BCUT2D eigenvalue weighted by molar-refractivity contribution is -0.114. The summed E-state index contributed by atoms with van der Waals surface area (Å²) in [7, 11) is 0. The second-order valence-electron chi connectivity index (χ2n) is 3.80. The van der Waals surface area contributed by atoms with Gasteiger partial charge in [0.05, 0.1) is 12.1 Å². The van der Waals surface area contributed by atoms with E-state index in [2.05, 4.69) is 5.32 Å². The molecule has 4 nitrogen and oxygen atoms in total. The van der Waals surface area contributed by atoms with Gasteiger partial charge in [-0.3, -0.25) is 4.79 Å². The smallest absolute Gasteiger partial charge is 0.221 e. The molecule has 1 amide bonds. The van der Waals surface area contributed by atoms with Gasteiger partial charge >= 0.3 is 0 Å². The number of aliphatic hydroxyl groups is 1. The zero-order valence-corrected chi connectivity index (χ0v) is 9.60. The minimum atomic E-state index is -0.536. The molecule has 1 aromatic carbocycles. The number of hydrogen-bond acceptors (Lipinski definition) is 3. The van der Waals surface area contributed by atoms with Crippen molar-refractivity contribution >= 4 is 11.6 Å². The normalized spacial score (nSPS) is 14.2. The number of amides is 1. The summed E-state index contributed by atoms with van der Waals surface area (Å²) >= 11 is 0. The Bertz CT molecular complexity index is 349. The Labute approximate surface area is 95.5 Å². The van der Waals surface area contributed by atoms with Crippen LogP contribution in [0.5, 0.6) is 0 Å². The van der Waals surface area contributed by atoms with Crippen molar-refractivity contribution < 1.29 is 9.90 Å². The van der Waals surface area contributed by atoms with Crippen LogP contribution in [0.25, 0.3) is 0 Å². The molecule has 0 unspecified atom stereocenters. The minimum Gasteiger partial charge on any atom is -0.391 e. The molecule has 4 N–H and O–H groups in total. The molecule has 0 spiro atoms. The van der Waals surface area contributed by atoms with E-state index in [1.807, 2.05) is 19.1 Å². The van der Waals surface area contributed by atoms with Crippen LogP contribution in [0.4, 0.5) is 5.69 Å². The quantitative estimate of drug-likeness (QED) is 0.721. The van der Waals surface area contributed by atoms with Gasteiger partial charge in [0.1, 0.15) is 0 Å². The molecule has 0 aromatic heterocycles. The van der Waals surface area contributed by atoms with Gasteiger partial charge < -0.3 is 16.2 Å². The molecule has 1 rings (SSSR count).